The van der Waals surface area contributed by atoms with Gasteiger partial charge in [-0.2, -0.15) is 0 Å². The summed E-state index contributed by atoms with van der Waals surface area (Å²) in [6.07, 6.45) is 1.46. The van der Waals surface area contributed by atoms with Gasteiger partial charge in [-0.3, -0.25) is 4.79 Å². The Hall–Kier alpha value is -1.17. The van der Waals surface area contributed by atoms with Crippen molar-refractivity contribution < 1.29 is 9.53 Å². The number of rotatable bonds is 5. The van der Waals surface area contributed by atoms with Gasteiger partial charge in [-0.1, -0.05) is 11.6 Å². The minimum absolute atomic E-state index is 0.193. The molecule has 0 aliphatic carbocycles. The third kappa shape index (κ3) is 3.77. The van der Waals surface area contributed by atoms with Crippen molar-refractivity contribution in [3.8, 4) is 0 Å². The Morgan fingerprint density at radius 2 is 2.50 bits per heavy atom. The maximum absolute atomic E-state index is 11.6. The van der Waals surface area contributed by atoms with Crippen LogP contribution in [0.2, 0.25) is 5.15 Å². The molecule has 1 rings (SSSR count). The Morgan fingerprint density at radius 3 is 3.06 bits per heavy atom. The highest BCUT2D eigenvalue weighted by molar-refractivity contribution is 6.32. The average Bonchev–Trinajstić information content (AvgIpc) is 2.29. The van der Waals surface area contributed by atoms with E-state index in [-0.39, 0.29) is 23.6 Å². The summed E-state index contributed by atoms with van der Waals surface area (Å²) in [6.45, 7) is 0.296. The van der Waals surface area contributed by atoms with Gasteiger partial charge in [0.2, 0.25) is 5.91 Å². The van der Waals surface area contributed by atoms with Crippen LogP contribution in [0.1, 0.15) is 6.42 Å². The van der Waals surface area contributed by atoms with Crippen LogP contribution in [0.5, 0.6) is 0 Å². The zero-order chi connectivity index (χ0) is 12.0. The summed E-state index contributed by atoms with van der Waals surface area (Å²) >= 11 is 5.79. The highest BCUT2D eigenvalue weighted by atomic mass is 35.5. The Balaban J connectivity index is 2.55. The maximum atomic E-state index is 11.6. The van der Waals surface area contributed by atoms with Crippen LogP contribution in [0.25, 0.3) is 0 Å². The van der Waals surface area contributed by atoms with Gasteiger partial charge >= 0.3 is 0 Å². The fraction of sp³-hybridized carbons (Fsp3) is 0.400. The van der Waals surface area contributed by atoms with Crippen molar-refractivity contribution in [2.24, 2.45) is 5.73 Å². The van der Waals surface area contributed by atoms with Crippen molar-refractivity contribution in [1.82, 2.24) is 4.98 Å². The Bertz CT molecular complexity index is 356. The number of anilines is 1. The summed E-state index contributed by atoms with van der Waals surface area (Å²) in [5, 5.41) is 2.90. The van der Waals surface area contributed by atoms with Crippen LogP contribution in [-0.4, -0.2) is 30.6 Å². The highest BCUT2D eigenvalue weighted by Crippen LogP contribution is 2.17. The summed E-state index contributed by atoms with van der Waals surface area (Å²) in [7, 11) is 1.52. The molecule has 1 heterocycles. The predicted octanol–water partition coefficient (Wildman–Crippen LogP) is 1.04. The number of ether oxygens (including phenoxy) is 1. The summed E-state index contributed by atoms with van der Waals surface area (Å²) in [4.78, 5) is 15.4. The predicted molar refractivity (Wildman–Crippen MR) is 62.3 cm³/mol. The van der Waals surface area contributed by atoms with E-state index in [2.05, 4.69) is 10.3 Å². The molecular weight excluding hydrogens is 230 g/mol. The second-order valence-electron chi connectivity index (χ2n) is 3.19. The van der Waals surface area contributed by atoms with E-state index in [1.165, 1.54) is 7.11 Å². The molecule has 0 saturated carbocycles. The molecule has 5 nitrogen and oxygen atoms in total. The van der Waals surface area contributed by atoms with Crippen molar-refractivity contribution in [2.45, 2.75) is 12.5 Å². The van der Waals surface area contributed by atoms with E-state index in [0.717, 1.165) is 0 Å². The van der Waals surface area contributed by atoms with Crippen LogP contribution in [-0.2, 0) is 9.53 Å². The molecule has 3 N–H and O–H groups in total. The smallest absolute Gasteiger partial charge is 0.227 e. The van der Waals surface area contributed by atoms with Crippen LogP contribution in [0.3, 0.4) is 0 Å². The van der Waals surface area contributed by atoms with Gasteiger partial charge in [0.15, 0.2) is 5.15 Å². The molecule has 16 heavy (non-hydrogen) atoms. The first-order valence-corrected chi connectivity index (χ1v) is 5.18. The molecule has 0 fully saturated rings. The first-order valence-electron chi connectivity index (χ1n) is 4.80. The average molecular weight is 244 g/mol. The third-order valence-electron chi connectivity index (χ3n) is 2.04. The molecule has 0 saturated heterocycles. The lowest BCUT2D eigenvalue weighted by Crippen LogP contribution is -2.28. The molecule has 1 amide bonds. The molecule has 0 spiro atoms. The summed E-state index contributed by atoms with van der Waals surface area (Å²) in [5.41, 5.74) is 5.90. The topological polar surface area (TPSA) is 77.2 Å². The minimum Gasteiger partial charge on any atom is -0.380 e. The molecule has 1 aromatic rings. The number of pyridine rings is 1. The molecule has 88 valence electrons. The molecule has 0 radical (unpaired) electrons. The number of methoxy groups -OCH3 is 1. The first kappa shape index (κ1) is 12.9. The quantitative estimate of drug-likeness (QED) is 0.758. The zero-order valence-corrected chi connectivity index (χ0v) is 9.70. The van der Waals surface area contributed by atoms with Crippen molar-refractivity contribution in [2.75, 3.05) is 19.0 Å². The standard InChI is InChI=1S/C10H14ClN3O2/c1-16-7(6-12)5-9(15)14-8-3-2-4-13-10(8)11/h2-4,7H,5-6,12H2,1H3,(H,14,15). The number of nitrogens with one attached hydrogen (secondary N) is 1. The molecule has 6 heteroatoms. The highest BCUT2D eigenvalue weighted by Gasteiger charge is 2.12. The lowest BCUT2D eigenvalue weighted by atomic mass is 10.2. The zero-order valence-electron chi connectivity index (χ0n) is 8.94. The Labute approximate surface area is 98.9 Å². The Kier molecular flexibility index (Phi) is 5.18. The number of carbonyl (C=O) groups excluding carboxylic acids is 1. The van der Waals surface area contributed by atoms with E-state index in [1.807, 2.05) is 0 Å². The first-order chi connectivity index (χ1) is 7.67. The SMILES string of the molecule is COC(CN)CC(=O)Nc1cccnc1Cl. The molecule has 0 aliphatic rings. The summed E-state index contributed by atoms with van der Waals surface area (Å²) in [5.74, 6) is -0.202. The minimum atomic E-state index is -0.282. The fourth-order valence-corrected chi connectivity index (χ4v) is 1.32. The van der Waals surface area contributed by atoms with Gasteiger partial charge in [-0.25, -0.2) is 4.98 Å². The maximum Gasteiger partial charge on any atom is 0.227 e. The van der Waals surface area contributed by atoms with Crippen molar-refractivity contribution in [3.05, 3.63) is 23.5 Å². The monoisotopic (exact) mass is 243 g/mol. The van der Waals surface area contributed by atoms with Crippen LogP contribution in [0, 0.1) is 0 Å². The number of nitrogens with two attached hydrogens (primary N) is 1. The molecular formula is C10H14ClN3O2. The number of aromatic nitrogens is 1. The summed E-state index contributed by atoms with van der Waals surface area (Å²) < 4.78 is 5.00. The van der Waals surface area contributed by atoms with Gasteiger partial charge in [0.25, 0.3) is 0 Å². The normalized spacial score (nSPS) is 12.2. The number of amides is 1. The van der Waals surface area contributed by atoms with Gasteiger partial charge in [0, 0.05) is 19.9 Å². The fourth-order valence-electron chi connectivity index (χ4n) is 1.15. The van der Waals surface area contributed by atoms with Crippen molar-refractivity contribution >= 4 is 23.2 Å². The lowest BCUT2D eigenvalue weighted by molar-refractivity contribution is -0.118. The largest absolute Gasteiger partial charge is 0.380 e. The lowest BCUT2D eigenvalue weighted by Gasteiger charge is -2.12. The molecule has 0 aromatic carbocycles. The number of carbonyl (C=O) groups is 1. The molecule has 1 unspecified atom stereocenters. The van der Waals surface area contributed by atoms with Crippen molar-refractivity contribution in [1.29, 1.82) is 0 Å². The van der Waals surface area contributed by atoms with Gasteiger partial charge in [-0.15, -0.1) is 0 Å². The van der Waals surface area contributed by atoms with E-state index in [1.54, 1.807) is 18.3 Å². The van der Waals surface area contributed by atoms with E-state index < -0.39 is 0 Å². The van der Waals surface area contributed by atoms with Crippen LogP contribution in [0.15, 0.2) is 18.3 Å². The van der Waals surface area contributed by atoms with Gasteiger partial charge in [0.1, 0.15) is 0 Å². The number of nitrogens with zero attached hydrogens (tertiary/aromatic N) is 1. The number of halogens is 1. The van der Waals surface area contributed by atoms with Gasteiger partial charge in [-0.05, 0) is 12.1 Å². The van der Waals surface area contributed by atoms with Crippen LogP contribution < -0.4 is 11.1 Å². The van der Waals surface area contributed by atoms with Crippen LogP contribution >= 0.6 is 11.6 Å². The molecule has 0 bridgehead atoms. The number of hydrogen-bond donors (Lipinski definition) is 2. The van der Waals surface area contributed by atoms with E-state index in [9.17, 15) is 4.79 Å². The van der Waals surface area contributed by atoms with E-state index in [4.69, 9.17) is 22.1 Å². The van der Waals surface area contributed by atoms with E-state index >= 15 is 0 Å². The summed E-state index contributed by atoms with van der Waals surface area (Å²) in [6, 6.07) is 3.37. The van der Waals surface area contributed by atoms with Crippen LogP contribution in [0.4, 0.5) is 5.69 Å². The van der Waals surface area contributed by atoms with Crippen molar-refractivity contribution in [3.63, 3.8) is 0 Å². The van der Waals surface area contributed by atoms with Gasteiger partial charge in [0.05, 0.1) is 18.2 Å². The molecule has 1 atom stereocenters. The third-order valence-corrected chi connectivity index (χ3v) is 2.34. The number of hydrogen-bond acceptors (Lipinski definition) is 4. The second kappa shape index (κ2) is 6.42. The molecule has 1 aromatic heterocycles. The van der Waals surface area contributed by atoms with Gasteiger partial charge < -0.3 is 15.8 Å². The van der Waals surface area contributed by atoms with E-state index in [0.29, 0.717) is 12.2 Å². The molecule has 0 aliphatic heterocycles. The second-order valence-corrected chi connectivity index (χ2v) is 3.55. The Morgan fingerprint density at radius 1 is 1.75 bits per heavy atom.